The highest BCUT2D eigenvalue weighted by Gasteiger charge is 2.20. The number of hydrogen-bond donors (Lipinski definition) is 1. The minimum absolute atomic E-state index is 0.0650. The van der Waals surface area contributed by atoms with E-state index in [9.17, 15) is 13.2 Å². The van der Waals surface area contributed by atoms with Crippen LogP contribution in [-0.4, -0.2) is 37.4 Å². The molecule has 1 aromatic carbocycles. The van der Waals surface area contributed by atoms with Crippen molar-refractivity contribution in [2.24, 2.45) is 0 Å². The average Bonchev–Trinajstić information content (AvgIpc) is 2.98. The molecular weight excluding hydrogens is 310 g/mol. The first-order valence-corrected chi connectivity index (χ1v) is 8.55. The van der Waals surface area contributed by atoms with Crippen LogP contribution in [0, 0.1) is 0 Å². The van der Waals surface area contributed by atoms with Gasteiger partial charge in [0, 0.05) is 18.5 Å². The molecule has 0 fully saturated rings. The van der Waals surface area contributed by atoms with Crippen LogP contribution in [0.4, 0.5) is 0 Å². The van der Waals surface area contributed by atoms with Gasteiger partial charge in [-0.25, -0.2) is 17.5 Å². The molecule has 0 atom stereocenters. The van der Waals surface area contributed by atoms with Crippen molar-refractivity contribution in [2.45, 2.75) is 11.3 Å². The van der Waals surface area contributed by atoms with Crippen molar-refractivity contribution < 1.29 is 18.3 Å². The van der Waals surface area contributed by atoms with Gasteiger partial charge in [0.25, 0.3) is 0 Å². The van der Waals surface area contributed by atoms with E-state index in [-0.39, 0.29) is 10.5 Å². The van der Waals surface area contributed by atoms with Gasteiger partial charge in [-0.1, -0.05) is 6.07 Å². The van der Waals surface area contributed by atoms with Gasteiger partial charge in [-0.2, -0.15) is 0 Å². The highest BCUT2D eigenvalue weighted by Crippen LogP contribution is 2.17. The lowest BCUT2D eigenvalue weighted by Gasteiger charge is -2.16. The van der Waals surface area contributed by atoms with E-state index in [1.54, 1.807) is 11.3 Å². The van der Waals surface area contributed by atoms with Crippen molar-refractivity contribution in [2.75, 3.05) is 13.6 Å². The number of carboxylic acid groups (broad SMARTS) is 1. The summed E-state index contributed by atoms with van der Waals surface area (Å²) in [6.45, 7) is 0.379. The third-order valence-electron chi connectivity index (χ3n) is 3.06. The number of carbonyl (C=O) groups is 1. The third-order valence-corrected chi connectivity index (χ3v) is 5.87. The normalized spacial score (nSPS) is 11.7. The van der Waals surface area contributed by atoms with Gasteiger partial charge in [-0.15, -0.1) is 11.3 Å². The van der Waals surface area contributed by atoms with Crippen LogP contribution in [0.15, 0.2) is 46.7 Å². The molecule has 0 saturated carbocycles. The molecule has 0 unspecified atom stereocenters. The van der Waals surface area contributed by atoms with Gasteiger partial charge in [0.05, 0.1) is 10.5 Å². The van der Waals surface area contributed by atoms with Crippen LogP contribution < -0.4 is 0 Å². The zero-order valence-electron chi connectivity index (χ0n) is 11.4. The first-order chi connectivity index (χ1) is 9.91. The number of likely N-dealkylation sites (N-methyl/N-ethyl adjacent to an activating group) is 1. The number of aromatic carboxylic acids is 1. The minimum Gasteiger partial charge on any atom is -0.478 e. The molecule has 2 rings (SSSR count). The van der Waals surface area contributed by atoms with E-state index in [1.807, 2.05) is 17.5 Å². The first-order valence-electron chi connectivity index (χ1n) is 6.23. The molecule has 1 heterocycles. The summed E-state index contributed by atoms with van der Waals surface area (Å²) in [6, 6.07) is 9.12. The monoisotopic (exact) mass is 325 g/mol. The summed E-state index contributed by atoms with van der Waals surface area (Å²) in [5, 5.41) is 10.8. The molecule has 0 spiro atoms. The van der Waals surface area contributed by atoms with Crippen molar-refractivity contribution in [1.82, 2.24) is 4.31 Å². The Morgan fingerprint density at radius 1 is 1.24 bits per heavy atom. The van der Waals surface area contributed by atoms with Crippen LogP contribution in [0.5, 0.6) is 0 Å². The maximum absolute atomic E-state index is 12.4. The third kappa shape index (κ3) is 3.69. The van der Waals surface area contributed by atoms with E-state index >= 15 is 0 Å². The van der Waals surface area contributed by atoms with Gasteiger partial charge in [-0.05, 0) is 42.1 Å². The molecule has 112 valence electrons. The van der Waals surface area contributed by atoms with Gasteiger partial charge >= 0.3 is 5.97 Å². The molecule has 0 aliphatic rings. The zero-order valence-corrected chi connectivity index (χ0v) is 13.0. The van der Waals surface area contributed by atoms with Gasteiger partial charge < -0.3 is 5.11 Å². The molecular formula is C14H15NO4S2. The number of thiophene rings is 1. The summed E-state index contributed by atoms with van der Waals surface area (Å²) in [7, 11) is -2.07. The van der Waals surface area contributed by atoms with Crippen molar-refractivity contribution in [3.63, 3.8) is 0 Å². The highest BCUT2D eigenvalue weighted by atomic mass is 32.2. The van der Waals surface area contributed by atoms with Gasteiger partial charge in [0.1, 0.15) is 0 Å². The molecule has 1 aromatic heterocycles. The Labute approximate surface area is 127 Å². The molecule has 0 amide bonds. The molecule has 0 radical (unpaired) electrons. The standard InChI is InChI=1S/C14H15NO4S2/c1-15(9-8-12-3-2-10-20-12)21(18,19)13-6-4-11(5-7-13)14(16)17/h2-7,10H,8-9H2,1H3,(H,16,17). The number of carboxylic acids is 1. The van der Waals surface area contributed by atoms with Crippen LogP contribution in [0.3, 0.4) is 0 Å². The molecule has 1 N–H and O–H groups in total. The van der Waals surface area contributed by atoms with Gasteiger partial charge in [-0.3, -0.25) is 0 Å². The number of nitrogens with zero attached hydrogens (tertiary/aromatic N) is 1. The lowest BCUT2D eigenvalue weighted by atomic mass is 10.2. The molecule has 0 bridgehead atoms. The predicted octanol–water partition coefficient (Wildman–Crippen LogP) is 2.31. The minimum atomic E-state index is -3.59. The fraction of sp³-hybridized carbons (Fsp3) is 0.214. The molecule has 2 aromatic rings. The summed E-state index contributed by atoms with van der Waals surface area (Å²) in [5.41, 5.74) is 0.0650. The molecule has 0 aliphatic carbocycles. The Morgan fingerprint density at radius 2 is 1.90 bits per heavy atom. The molecule has 7 heteroatoms. The van der Waals surface area contributed by atoms with E-state index in [0.29, 0.717) is 13.0 Å². The number of benzene rings is 1. The Hall–Kier alpha value is -1.70. The van der Waals surface area contributed by atoms with Crippen LogP contribution >= 0.6 is 11.3 Å². The van der Waals surface area contributed by atoms with E-state index in [1.165, 1.54) is 35.6 Å². The average molecular weight is 325 g/mol. The largest absolute Gasteiger partial charge is 0.478 e. The second-order valence-electron chi connectivity index (χ2n) is 4.49. The fourth-order valence-corrected chi connectivity index (χ4v) is 3.66. The van der Waals surface area contributed by atoms with Crippen molar-refractivity contribution in [3.05, 3.63) is 52.2 Å². The van der Waals surface area contributed by atoms with Gasteiger partial charge in [0.2, 0.25) is 10.0 Å². The molecule has 21 heavy (non-hydrogen) atoms. The van der Waals surface area contributed by atoms with E-state index in [4.69, 9.17) is 5.11 Å². The first kappa shape index (κ1) is 15.7. The fourth-order valence-electron chi connectivity index (χ4n) is 1.79. The topological polar surface area (TPSA) is 74.7 Å². The summed E-state index contributed by atoms with van der Waals surface area (Å²) < 4.78 is 26.0. The SMILES string of the molecule is CN(CCc1cccs1)S(=O)(=O)c1ccc(C(=O)O)cc1. The Balaban J connectivity index is 2.10. The predicted molar refractivity (Wildman–Crippen MR) is 81.2 cm³/mol. The summed E-state index contributed by atoms with van der Waals surface area (Å²) in [6.07, 6.45) is 0.653. The number of hydrogen-bond acceptors (Lipinski definition) is 4. The van der Waals surface area contributed by atoms with E-state index in [0.717, 1.165) is 4.88 Å². The van der Waals surface area contributed by atoms with Gasteiger partial charge in [0.15, 0.2) is 0 Å². The van der Waals surface area contributed by atoms with E-state index < -0.39 is 16.0 Å². The molecule has 0 aliphatic heterocycles. The van der Waals surface area contributed by atoms with Crippen molar-refractivity contribution in [3.8, 4) is 0 Å². The Morgan fingerprint density at radius 3 is 2.43 bits per heavy atom. The molecule has 5 nitrogen and oxygen atoms in total. The van der Waals surface area contributed by atoms with Crippen LogP contribution in [-0.2, 0) is 16.4 Å². The van der Waals surface area contributed by atoms with Crippen molar-refractivity contribution in [1.29, 1.82) is 0 Å². The van der Waals surface area contributed by atoms with Crippen molar-refractivity contribution >= 4 is 27.3 Å². The van der Waals surface area contributed by atoms with Crippen LogP contribution in [0.2, 0.25) is 0 Å². The summed E-state index contributed by atoms with van der Waals surface area (Å²) in [5.74, 6) is -1.08. The maximum Gasteiger partial charge on any atom is 0.335 e. The summed E-state index contributed by atoms with van der Waals surface area (Å²) in [4.78, 5) is 12.0. The molecule has 0 saturated heterocycles. The quantitative estimate of drug-likeness (QED) is 0.884. The zero-order chi connectivity index (χ0) is 15.5. The second-order valence-corrected chi connectivity index (χ2v) is 7.56. The van der Waals surface area contributed by atoms with E-state index in [2.05, 4.69) is 0 Å². The lowest BCUT2D eigenvalue weighted by Crippen LogP contribution is -2.28. The number of rotatable bonds is 6. The highest BCUT2D eigenvalue weighted by molar-refractivity contribution is 7.89. The lowest BCUT2D eigenvalue weighted by molar-refractivity contribution is 0.0696. The van der Waals surface area contributed by atoms with Crippen LogP contribution in [0.25, 0.3) is 0 Å². The smallest absolute Gasteiger partial charge is 0.335 e. The second kappa shape index (κ2) is 6.38. The summed E-state index contributed by atoms with van der Waals surface area (Å²) >= 11 is 1.59. The number of sulfonamides is 1. The van der Waals surface area contributed by atoms with Crippen LogP contribution in [0.1, 0.15) is 15.2 Å². The maximum atomic E-state index is 12.4. The Bertz CT molecular complexity index is 706. The Kier molecular flexibility index (Phi) is 4.76.